The third-order valence-electron chi connectivity index (χ3n) is 8.49. The summed E-state index contributed by atoms with van der Waals surface area (Å²) in [5.74, 6) is 1.92. The van der Waals surface area contributed by atoms with E-state index in [2.05, 4.69) is 41.5 Å². The van der Waals surface area contributed by atoms with Gasteiger partial charge in [0.25, 0.3) is 0 Å². The third kappa shape index (κ3) is 6.87. The van der Waals surface area contributed by atoms with Gasteiger partial charge < -0.3 is 23.6 Å². The second-order valence-corrected chi connectivity index (χ2v) is 14.0. The van der Waals surface area contributed by atoms with E-state index in [1.807, 2.05) is 0 Å². The van der Waals surface area contributed by atoms with Gasteiger partial charge in [0.2, 0.25) is 0 Å². The summed E-state index contributed by atoms with van der Waals surface area (Å²) in [5, 5.41) is 11.7. The second-order valence-electron chi connectivity index (χ2n) is 12.0. The maximum Gasteiger partial charge on any atom is 0.363 e. The Morgan fingerprint density at radius 2 is 1.28 bits per heavy atom. The van der Waals surface area contributed by atoms with E-state index in [1.165, 1.54) is 0 Å². The van der Waals surface area contributed by atoms with Crippen LogP contribution in [-0.2, 0) is 13.6 Å². The highest BCUT2D eigenvalue weighted by Gasteiger charge is 2.46. The van der Waals surface area contributed by atoms with Crippen molar-refractivity contribution in [2.24, 2.45) is 35.5 Å². The molecule has 0 amide bonds. The second kappa shape index (κ2) is 12.7. The lowest BCUT2D eigenvalue weighted by atomic mass is 9.75. The Hall–Kier alpha value is -1.07. The van der Waals surface area contributed by atoms with Crippen molar-refractivity contribution in [2.75, 3.05) is 14.2 Å². The minimum atomic E-state index is -3.97. The molecule has 0 aliphatic heterocycles. The standard InChI is InChI=1S/C29H49O6P/c1-18(2)23-12-9-20(5)15-26(23)34-36(31,35-27-16-21(6)10-13-24(27)19(3)4)29(30)22-11-14-25(32-7)28(17-22)33-8/h11,14,17-21,23-24,26-27,29-30H,9-10,12-13,15-16H2,1-8H3/t20-,21-,23+,24+,26+,27+,29+/m0/s1. The lowest BCUT2D eigenvalue weighted by Gasteiger charge is -2.42. The average molecular weight is 525 g/mol. The predicted octanol–water partition coefficient (Wildman–Crippen LogP) is 7.84. The molecule has 3 rings (SSSR count). The van der Waals surface area contributed by atoms with Gasteiger partial charge in [-0.3, -0.25) is 4.57 Å². The van der Waals surface area contributed by atoms with Crippen molar-refractivity contribution in [1.29, 1.82) is 0 Å². The molecule has 2 aliphatic rings. The molecule has 0 heterocycles. The number of methoxy groups -OCH3 is 2. The molecule has 0 aromatic heterocycles. The molecular formula is C29H49O6P. The van der Waals surface area contributed by atoms with Crippen molar-refractivity contribution in [2.45, 2.75) is 98.1 Å². The van der Waals surface area contributed by atoms with E-state index in [1.54, 1.807) is 32.4 Å². The van der Waals surface area contributed by atoms with Gasteiger partial charge in [0, 0.05) is 0 Å². The normalized spacial score (nSPS) is 30.4. The average Bonchev–Trinajstić information content (AvgIpc) is 2.82. The molecule has 1 N–H and O–H groups in total. The Balaban J connectivity index is 2.00. The minimum absolute atomic E-state index is 0.215. The van der Waals surface area contributed by atoms with E-state index in [0.717, 1.165) is 38.5 Å². The molecule has 7 atom stereocenters. The van der Waals surface area contributed by atoms with Crippen molar-refractivity contribution in [3.8, 4) is 11.5 Å². The van der Waals surface area contributed by atoms with Crippen LogP contribution >= 0.6 is 7.60 Å². The highest BCUT2D eigenvalue weighted by molar-refractivity contribution is 7.54. The first kappa shape index (κ1) is 29.5. The fourth-order valence-corrected chi connectivity index (χ4v) is 8.23. The summed E-state index contributed by atoms with van der Waals surface area (Å²) in [6.45, 7) is 13.2. The fourth-order valence-electron chi connectivity index (χ4n) is 6.19. The first-order chi connectivity index (χ1) is 17.0. The molecule has 0 radical (unpaired) electrons. The van der Waals surface area contributed by atoms with E-state index in [4.69, 9.17) is 18.5 Å². The van der Waals surface area contributed by atoms with Crippen LogP contribution in [0.3, 0.4) is 0 Å². The smallest absolute Gasteiger partial charge is 0.363 e. The number of aliphatic hydroxyl groups is 1. The first-order valence-electron chi connectivity index (χ1n) is 13.9. The van der Waals surface area contributed by atoms with E-state index in [-0.39, 0.29) is 24.0 Å². The van der Waals surface area contributed by atoms with Crippen LogP contribution in [0.25, 0.3) is 0 Å². The van der Waals surface area contributed by atoms with Gasteiger partial charge in [0.1, 0.15) is 0 Å². The zero-order chi connectivity index (χ0) is 26.6. The number of hydrogen-bond donors (Lipinski definition) is 1. The monoisotopic (exact) mass is 524 g/mol. The van der Waals surface area contributed by atoms with Crippen LogP contribution < -0.4 is 9.47 Å². The maximum atomic E-state index is 14.8. The highest BCUT2D eigenvalue weighted by Crippen LogP contribution is 2.64. The molecule has 0 spiro atoms. The van der Waals surface area contributed by atoms with Crippen LogP contribution in [0.2, 0.25) is 0 Å². The molecular weight excluding hydrogens is 475 g/mol. The van der Waals surface area contributed by atoms with Gasteiger partial charge >= 0.3 is 7.60 Å². The van der Waals surface area contributed by atoms with Crippen LogP contribution in [0.1, 0.15) is 91.5 Å². The van der Waals surface area contributed by atoms with Crippen LogP contribution in [-0.4, -0.2) is 31.5 Å². The summed E-state index contributed by atoms with van der Waals surface area (Å²) in [6.07, 6.45) is 5.56. The Labute approximate surface area is 219 Å². The van der Waals surface area contributed by atoms with Gasteiger partial charge in [0.15, 0.2) is 17.3 Å². The number of benzene rings is 1. The number of aliphatic hydroxyl groups excluding tert-OH is 1. The Bertz CT molecular complexity index is 849. The highest BCUT2D eigenvalue weighted by atomic mass is 31.2. The van der Waals surface area contributed by atoms with Crippen molar-refractivity contribution >= 4 is 7.60 Å². The van der Waals surface area contributed by atoms with Gasteiger partial charge in [-0.25, -0.2) is 0 Å². The Morgan fingerprint density at radius 3 is 1.69 bits per heavy atom. The lowest BCUT2D eigenvalue weighted by Crippen LogP contribution is -2.37. The number of hydrogen-bond acceptors (Lipinski definition) is 6. The van der Waals surface area contributed by atoms with Crippen LogP contribution in [0.4, 0.5) is 0 Å². The molecule has 0 unspecified atom stereocenters. The number of rotatable bonds is 10. The maximum absolute atomic E-state index is 14.8. The SMILES string of the molecule is COc1ccc([C@H](O)P(=O)(O[C@@H]2C[C@@H](C)CC[C@@H]2C(C)C)O[C@@H]2C[C@@H](C)CC[C@@H]2C(C)C)cc1OC. The van der Waals surface area contributed by atoms with E-state index < -0.39 is 13.4 Å². The van der Waals surface area contributed by atoms with Gasteiger partial charge in [-0.2, -0.15) is 0 Å². The van der Waals surface area contributed by atoms with E-state index >= 15 is 0 Å². The minimum Gasteiger partial charge on any atom is -0.493 e. The molecule has 2 fully saturated rings. The van der Waals surface area contributed by atoms with Gasteiger partial charge in [-0.1, -0.05) is 60.5 Å². The summed E-state index contributed by atoms with van der Waals surface area (Å²) in [6, 6.07) is 5.12. The number of ether oxygens (including phenoxy) is 2. The fraction of sp³-hybridized carbons (Fsp3) is 0.793. The third-order valence-corrected chi connectivity index (χ3v) is 10.5. The van der Waals surface area contributed by atoms with E-state index in [0.29, 0.717) is 40.7 Å². The van der Waals surface area contributed by atoms with E-state index in [9.17, 15) is 9.67 Å². The Kier molecular flexibility index (Phi) is 10.4. The summed E-state index contributed by atoms with van der Waals surface area (Å²) in [5.41, 5.74) is 0.450. The largest absolute Gasteiger partial charge is 0.493 e. The topological polar surface area (TPSA) is 74.2 Å². The summed E-state index contributed by atoms with van der Waals surface area (Å²) in [7, 11) is -0.854. The lowest BCUT2D eigenvalue weighted by molar-refractivity contribution is -0.0154. The summed E-state index contributed by atoms with van der Waals surface area (Å²) in [4.78, 5) is 0. The molecule has 2 aliphatic carbocycles. The molecule has 2 saturated carbocycles. The zero-order valence-corrected chi connectivity index (χ0v) is 24.5. The van der Waals surface area contributed by atoms with Crippen molar-refractivity contribution in [3.63, 3.8) is 0 Å². The van der Waals surface area contributed by atoms with Crippen LogP contribution in [0.5, 0.6) is 11.5 Å². The van der Waals surface area contributed by atoms with Crippen LogP contribution in [0.15, 0.2) is 18.2 Å². The molecule has 6 nitrogen and oxygen atoms in total. The predicted molar refractivity (Wildman–Crippen MR) is 145 cm³/mol. The van der Waals surface area contributed by atoms with Crippen LogP contribution in [0, 0.1) is 35.5 Å². The first-order valence-corrected chi connectivity index (χ1v) is 15.5. The molecule has 206 valence electrons. The summed E-state index contributed by atoms with van der Waals surface area (Å²) >= 11 is 0. The van der Waals surface area contributed by atoms with Crippen molar-refractivity contribution in [1.82, 2.24) is 0 Å². The molecule has 0 bridgehead atoms. The van der Waals surface area contributed by atoms with Gasteiger partial charge in [0.05, 0.1) is 26.4 Å². The zero-order valence-electron chi connectivity index (χ0n) is 23.6. The van der Waals surface area contributed by atoms with Crippen molar-refractivity contribution < 1.29 is 28.2 Å². The quantitative estimate of drug-likeness (QED) is 0.314. The molecule has 1 aromatic rings. The van der Waals surface area contributed by atoms with Gasteiger partial charge in [-0.15, -0.1) is 0 Å². The van der Waals surface area contributed by atoms with Gasteiger partial charge in [-0.05, 0) is 78.9 Å². The Morgan fingerprint density at radius 1 is 0.806 bits per heavy atom. The summed E-state index contributed by atoms with van der Waals surface area (Å²) < 4.78 is 38.7. The molecule has 36 heavy (non-hydrogen) atoms. The van der Waals surface area contributed by atoms with Crippen molar-refractivity contribution in [3.05, 3.63) is 23.8 Å². The molecule has 0 saturated heterocycles. The molecule has 7 heteroatoms. The molecule has 1 aromatic carbocycles.